The van der Waals surface area contributed by atoms with E-state index in [4.69, 9.17) is 4.74 Å². The van der Waals surface area contributed by atoms with Crippen molar-refractivity contribution in [1.82, 2.24) is 9.62 Å². The van der Waals surface area contributed by atoms with Gasteiger partial charge in [0, 0.05) is 44.2 Å². The zero-order chi connectivity index (χ0) is 23.5. The Kier molecular flexibility index (Phi) is 7.25. The number of nitro groups is 1. The third-order valence-electron chi connectivity index (χ3n) is 5.41. The summed E-state index contributed by atoms with van der Waals surface area (Å²) in [4.78, 5) is 24.0. The molecule has 1 amide bonds. The number of rotatable bonds is 6. The Morgan fingerprint density at radius 2 is 1.81 bits per heavy atom. The van der Waals surface area contributed by atoms with Crippen LogP contribution in [0.25, 0.3) is 0 Å². The fraction of sp³-hybridized carbons (Fsp3) is 0.611. The zero-order valence-corrected chi connectivity index (χ0v) is 17.8. The lowest BCUT2D eigenvalue weighted by molar-refractivity contribution is -0.385. The fourth-order valence-corrected chi connectivity index (χ4v) is 5.36. The molecule has 0 bridgehead atoms. The summed E-state index contributed by atoms with van der Waals surface area (Å²) in [6.45, 7) is -0.320. The van der Waals surface area contributed by atoms with Gasteiger partial charge in [0.1, 0.15) is 11.4 Å². The monoisotopic (exact) mass is 480 g/mol. The smallest absolute Gasteiger partial charge is 0.379 e. The molecule has 178 valence electrons. The average Bonchev–Trinajstić information content (AvgIpc) is 2.77. The quantitative estimate of drug-likeness (QED) is 0.484. The maximum Gasteiger partial charge on any atom is 0.405 e. The van der Waals surface area contributed by atoms with E-state index >= 15 is 0 Å². The highest BCUT2D eigenvalue weighted by Crippen LogP contribution is 2.34. The van der Waals surface area contributed by atoms with Gasteiger partial charge in [-0.15, -0.1) is 0 Å². The first-order valence-electron chi connectivity index (χ1n) is 9.95. The molecule has 2 aliphatic rings. The summed E-state index contributed by atoms with van der Waals surface area (Å²) < 4.78 is 69.8. The summed E-state index contributed by atoms with van der Waals surface area (Å²) in [6.07, 6.45) is -4.06. The van der Waals surface area contributed by atoms with Gasteiger partial charge in [-0.25, -0.2) is 8.42 Å². The standard InChI is InChI=1S/C18H23F3N4O6S/c19-18(20,21)12-22-17(26)13-3-5-23(6-4-13)15-2-1-14(25(27)28)11-16(15)32(29,30)24-7-9-31-10-8-24/h1-2,11,13H,3-10,12H2,(H,22,26). The van der Waals surface area contributed by atoms with E-state index in [0.29, 0.717) is 0 Å². The van der Waals surface area contributed by atoms with Gasteiger partial charge in [0.2, 0.25) is 15.9 Å². The van der Waals surface area contributed by atoms with Crippen LogP contribution in [0.2, 0.25) is 0 Å². The van der Waals surface area contributed by atoms with Gasteiger partial charge in [0.25, 0.3) is 5.69 Å². The van der Waals surface area contributed by atoms with Gasteiger partial charge in [-0.05, 0) is 18.9 Å². The van der Waals surface area contributed by atoms with Crippen LogP contribution >= 0.6 is 0 Å². The van der Waals surface area contributed by atoms with Crippen molar-refractivity contribution < 1.29 is 36.0 Å². The lowest BCUT2D eigenvalue weighted by Gasteiger charge is -2.35. The number of sulfonamides is 1. The molecule has 2 saturated heterocycles. The molecule has 10 nitrogen and oxygen atoms in total. The number of nitrogens with one attached hydrogen (secondary N) is 1. The van der Waals surface area contributed by atoms with Gasteiger partial charge >= 0.3 is 6.18 Å². The van der Waals surface area contributed by atoms with Crippen LogP contribution in [0.1, 0.15) is 12.8 Å². The molecule has 1 N–H and O–H groups in total. The number of nitro benzene ring substituents is 1. The highest BCUT2D eigenvalue weighted by atomic mass is 32.2. The second kappa shape index (κ2) is 9.58. The molecule has 0 saturated carbocycles. The van der Waals surface area contributed by atoms with Crippen LogP contribution in [0, 0.1) is 16.0 Å². The summed E-state index contributed by atoms with van der Waals surface area (Å²) in [5.41, 5.74) is -0.113. The number of carbonyl (C=O) groups is 1. The Hall–Kier alpha value is -2.45. The van der Waals surface area contributed by atoms with E-state index in [-0.39, 0.29) is 68.5 Å². The average molecular weight is 480 g/mol. The molecule has 0 unspecified atom stereocenters. The largest absolute Gasteiger partial charge is 0.405 e. The molecular formula is C18H23F3N4O6S. The van der Waals surface area contributed by atoms with E-state index in [2.05, 4.69) is 0 Å². The van der Waals surface area contributed by atoms with Crippen LogP contribution in [0.3, 0.4) is 0 Å². The Balaban J connectivity index is 1.79. The number of nitrogens with zero attached hydrogens (tertiary/aromatic N) is 3. The number of piperidine rings is 1. The maximum absolute atomic E-state index is 13.2. The van der Waals surface area contributed by atoms with Crippen LogP contribution in [-0.4, -0.2) is 75.7 Å². The Bertz CT molecular complexity index is 958. The molecule has 1 aromatic carbocycles. The van der Waals surface area contributed by atoms with E-state index < -0.39 is 39.5 Å². The molecule has 32 heavy (non-hydrogen) atoms. The summed E-state index contributed by atoms with van der Waals surface area (Å²) in [5.74, 6) is -1.34. The van der Waals surface area contributed by atoms with Gasteiger partial charge in [-0.3, -0.25) is 14.9 Å². The lowest BCUT2D eigenvalue weighted by Crippen LogP contribution is -2.44. The number of hydrogen-bond donors (Lipinski definition) is 1. The molecule has 0 aromatic heterocycles. The van der Waals surface area contributed by atoms with Gasteiger partial charge in [-0.2, -0.15) is 17.5 Å². The summed E-state index contributed by atoms with van der Waals surface area (Å²) >= 11 is 0. The predicted octanol–water partition coefficient (Wildman–Crippen LogP) is 1.51. The molecule has 0 atom stereocenters. The molecule has 0 radical (unpaired) electrons. The second-order valence-corrected chi connectivity index (χ2v) is 9.43. The summed E-state index contributed by atoms with van der Waals surface area (Å²) in [6, 6.07) is 3.58. The number of carbonyl (C=O) groups excluding carboxylic acids is 1. The molecule has 1 aromatic rings. The number of hydrogen-bond acceptors (Lipinski definition) is 7. The van der Waals surface area contributed by atoms with E-state index in [0.717, 1.165) is 6.07 Å². The summed E-state index contributed by atoms with van der Waals surface area (Å²) in [7, 11) is -4.05. The first kappa shape index (κ1) is 24.2. The highest BCUT2D eigenvalue weighted by Gasteiger charge is 2.34. The molecule has 3 rings (SSSR count). The van der Waals surface area contributed by atoms with E-state index in [1.165, 1.54) is 16.4 Å². The minimum Gasteiger partial charge on any atom is -0.379 e. The van der Waals surface area contributed by atoms with Crippen molar-refractivity contribution in [3.63, 3.8) is 0 Å². The third kappa shape index (κ3) is 5.66. The molecule has 14 heteroatoms. The molecule has 0 aliphatic carbocycles. The number of anilines is 1. The van der Waals surface area contributed by atoms with Gasteiger partial charge in [0.15, 0.2) is 0 Å². The predicted molar refractivity (Wildman–Crippen MR) is 107 cm³/mol. The number of benzene rings is 1. The molecule has 0 spiro atoms. The van der Waals surface area contributed by atoms with Crippen molar-refractivity contribution >= 4 is 27.3 Å². The van der Waals surface area contributed by atoms with Crippen LogP contribution in [0.15, 0.2) is 23.1 Å². The van der Waals surface area contributed by atoms with Gasteiger partial charge in [-0.1, -0.05) is 0 Å². The maximum atomic E-state index is 13.2. The Morgan fingerprint density at radius 3 is 2.38 bits per heavy atom. The van der Waals surface area contributed by atoms with Crippen molar-refractivity contribution in [2.24, 2.45) is 5.92 Å². The van der Waals surface area contributed by atoms with Crippen LogP contribution in [0.5, 0.6) is 0 Å². The summed E-state index contributed by atoms with van der Waals surface area (Å²) in [5, 5.41) is 13.1. The van der Waals surface area contributed by atoms with Crippen LogP contribution in [0.4, 0.5) is 24.5 Å². The molecular weight excluding hydrogens is 457 g/mol. The molecule has 2 heterocycles. The number of halogens is 3. The van der Waals surface area contributed by atoms with Crippen molar-refractivity contribution in [1.29, 1.82) is 0 Å². The van der Waals surface area contributed by atoms with Crippen molar-refractivity contribution in [2.45, 2.75) is 23.9 Å². The molecule has 2 aliphatic heterocycles. The van der Waals surface area contributed by atoms with Crippen molar-refractivity contribution in [3.8, 4) is 0 Å². The van der Waals surface area contributed by atoms with Crippen LogP contribution < -0.4 is 10.2 Å². The number of alkyl halides is 3. The van der Waals surface area contributed by atoms with E-state index in [1.54, 1.807) is 4.90 Å². The fourth-order valence-electron chi connectivity index (χ4n) is 3.72. The first-order chi connectivity index (χ1) is 15.0. The van der Waals surface area contributed by atoms with E-state index in [1.807, 2.05) is 5.32 Å². The Labute approximate surface area is 182 Å². The molecule has 2 fully saturated rings. The second-order valence-electron chi connectivity index (χ2n) is 7.52. The normalized spacial score (nSPS) is 19.0. The van der Waals surface area contributed by atoms with Crippen LogP contribution in [-0.2, 0) is 19.6 Å². The van der Waals surface area contributed by atoms with Crippen molar-refractivity contribution in [3.05, 3.63) is 28.3 Å². The number of morpholine rings is 1. The van der Waals surface area contributed by atoms with Crippen molar-refractivity contribution in [2.75, 3.05) is 50.8 Å². The SMILES string of the molecule is O=C(NCC(F)(F)F)C1CCN(c2ccc([N+](=O)[O-])cc2S(=O)(=O)N2CCOCC2)CC1. The van der Waals surface area contributed by atoms with Gasteiger partial charge in [0.05, 0.1) is 23.8 Å². The number of amides is 1. The first-order valence-corrected chi connectivity index (χ1v) is 11.4. The minimum atomic E-state index is -4.50. The third-order valence-corrected chi connectivity index (χ3v) is 7.34. The van der Waals surface area contributed by atoms with E-state index in [9.17, 15) is 36.5 Å². The minimum absolute atomic E-state index is 0.117. The van der Waals surface area contributed by atoms with Gasteiger partial charge < -0.3 is 15.0 Å². The lowest BCUT2D eigenvalue weighted by atomic mass is 9.95. The number of ether oxygens (including phenoxy) is 1. The Morgan fingerprint density at radius 1 is 1.19 bits per heavy atom. The zero-order valence-electron chi connectivity index (χ0n) is 17.0. The highest BCUT2D eigenvalue weighted by molar-refractivity contribution is 7.89. The number of non-ortho nitro benzene ring substituents is 1. The topological polar surface area (TPSA) is 122 Å².